The number of hydrogen-bond acceptors (Lipinski definition) is 2. The van der Waals surface area contributed by atoms with Gasteiger partial charge in [-0.3, -0.25) is 0 Å². The molecule has 0 fully saturated rings. The van der Waals surface area contributed by atoms with E-state index < -0.39 is 6.09 Å². The lowest BCUT2D eigenvalue weighted by atomic mass is 10.00. The van der Waals surface area contributed by atoms with Gasteiger partial charge in [-0.2, -0.15) is 0 Å². The second-order valence-electron chi connectivity index (χ2n) is 5.77. The summed E-state index contributed by atoms with van der Waals surface area (Å²) in [7, 11) is 0. The SMILES string of the molecule is CCCCC(CC)CNC(=O)O.CCCCCC(N)CC. The van der Waals surface area contributed by atoms with E-state index >= 15 is 0 Å². The third-order valence-electron chi connectivity index (χ3n) is 3.79. The van der Waals surface area contributed by atoms with E-state index in [4.69, 9.17) is 10.8 Å². The normalized spacial score (nSPS) is 13.0. The summed E-state index contributed by atoms with van der Waals surface area (Å²) in [5.74, 6) is 0.515. The van der Waals surface area contributed by atoms with Crippen LogP contribution in [0.2, 0.25) is 0 Å². The molecule has 1 amide bonds. The molecule has 2 atom stereocenters. The van der Waals surface area contributed by atoms with Crippen LogP contribution in [0.4, 0.5) is 4.79 Å². The molecule has 0 aliphatic rings. The predicted molar refractivity (Wildman–Crippen MR) is 91.7 cm³/mol. The molecule has 128 valence electrons. The maximum Gasteiger partial charge on any atom is 0.404 e. The van der Waals surface area contributed by atoms with Crippen LogP contribution in [-0.4, -0.2) is 23.8 Å². The second kappa shape index (κ2) is 17.3. The van der Waals surface area contributed by atoms with Crippen LogP contribution in [0.1, 0.15) is 85.5 Å². The molecule has 0 saturated heterocycles. The van der Waals surface area contributed by atoms with Crippen molar-refractivity contribution in [1.29, 1.82) is 0 Å². The lowest BCUT2D eigenvalue weighted by molar-refractivity contribution is 0.191. The molecule has 0 rings (SSSR count). The van der Waals surface area contributed by atoms with Crippen LogP contribution in [0.3, 0.4) is 0 Å². The Balaban J connectivity index is 0. The fraction of sp³-hybridized carbons (Fsp3) is 0.941. The van der Waals surface area contributed by atoms with Gasteiger partial charge in [0.05, 0.1) is 0 Å². The molecule has 4 heteroatoms. The predicted octanol–water partition coefficient (Wildman–Crippen LogP) is 4.77. The molecule has 4 N–H and O–H groups in total. The van der Waals surface area contributed by atoms with Crippen LogP contribution in [0.25, 0.3) is 0 Å². The van der Waals surface area contributed by atoms with E-state index in [-0.39, 0.29) is 0 Å². The van der Waals surface area contributed by atoms with Crippen LogP contribution >= 0.6 is 0 Å². The number of nitrogens with one attached hydrogen (secondary N) is 1. The average molecular weight is 303 g/mol. The van der Waals surface area contributed by atoms with Crippen LogP contribution in [-0.2, 0) is 0 Å². The van der Waals surface area contributed by atoms with Gasteiger partial charge < -0.3 is 16.2 Å². The summed E-state index contributed by atoms with van der Waals surface area (Å²) in [5.41, 5.74) is 5.71. The molecule has 0 aliphatic heterocycles. The molecular weight excluding hydrogens is 264 g/mol. The summed E-state index contributed by atoms with van der Waals surface area (Å²) < 4.78 is 0. The Morgan fingerprint density at radius 1 is 1.00 bits per heavy atom. The Kier molecular flexibility index (Phi) is 18.5. The fourth-order valence-corrected chi connectivity index (χ4v) is 2.04. The number of rotatable bonds is 11. The van der Waals surface area contributed by atoms with Crippen LogP contribution in [0.15, 0.2) is 0 Å². The van der Waals surface area contributed by atoms with E-state index in [1.807, 2.05) is 0 Å². The van der Waals surface area contributed by atoms with Crippen molar-refractivity contribution in [3.63, 3.8) is 0 Å². The molecule has 0 saturated carbocycles. The van der Waals surface area contributed by atoms with E-state index in [9.17, 15) is 4.79 Å². The lowest BCUT2D eigenvalue weighted by Gasteiger charge is -2.13. The molecule has 21 heavy (non-hydrogen) atoms. The number of amides is 1. The molecular formula is C17H38N2O2. The highest BCUT2D eigenvalue weighted by Crippen LogP contribution is 2.10. The minimum atomic E-state index is -0.912. The molecule has 0 radical (unpaired) electrons. The van der Waals surface area contributed by atoms with E-state index in [0.717, 1.165) is 19.3 Å². The third kappa shape index (κ3) is 19.2. The minimum absolute atomic E-state index is 0.455. The Morgan fingerprint density at radius 2 is 1.62 bits per heavy atom. The molecule has 0 aliphatic carbocycles. The Hall–Kier alpha value is -0.770. The highest BCUT2D eigenvalue weighted by Gasteiger charge is 2.06. The summed E-state index contributed by atoms with van der Waals surface area (Å²) >= 11 is 0. The molecule has 0 spiro atoms. The standard InChI is InChI=1S/C9H19NO2.C8H19N/c1-3-5-6-8(4-2)7-10-9(11)12;1-3-5-6-7-8(9)4-2/h8,10H,3-7H2,1-2H3,(H,11,12);8H,3-7,9H2,1-2H3. The van der Waals surface area contributed by atoms with Gasteiger partial charge in [0.1, 0.15) is 0 Å². The Bertz CT molecular complexity index is 223. The molecule has 0 bridgehead atoms. The molecule has 4 nitrogen and oxygen atoms in total. The molecule has 0 heterocycles. The van der Waals surface area contributed by atoms with Crippen molar-refractivity contribution in [2.45, 2.75) is 91.5 Å². The van der Waals surface area contributed by atoms with Crippen LogP contribution in [0, 0.1) is 5.92 Å². The number of carboxylic acid groups (broad SMARTS) is 1. The van der Waals surface area contributed by atoms with Gasteiger partial charge in [-0.25, -0.2) is 4.79 Å². The fourth-order valence-electron chi connectivity index (χ4n) is 2.04. The van der Waals surface area contributed by atoms with E-state index in [2.05, 4.69) is 33.0 Å². The first-order chi connectivity index (χ1) is 10.0. The van der Waals surface area contributed by atoms with E-state index in [1.54, 1.807) is 0 Å². The van der Waals surface area contributed by atoms with Crippen molar-refractivity contribution in [1.82, 2.24) is 5.32 Å². The van der Waals surface area contributed by atoms with Crippen molar-refractivity contribution < 1.29 is 9.90 Å². The third-order valence-corrected chi connectivity index (χ3v) is 3.79. The van der Waals surface area contributed by atoms with Gasteiger partial charge >= 0.3 is 6.09 Å². The zero-order valence-electron chi connectivity index (χ0n) is 14.7. The Morgan fingerprint density at radius 3 is 2.05 bits per heavy atom. The first-order valence-corrected chi connectivity index (χ1v) is 8.73. The number of carbonyl (C=O) groups is 1. The van der Waals surface area contributed by atoms with Crippen molar-refractivity contribution in [3.8, 4) is 0 Å². The maximum atomic E-state index is 10.2. The van der Waals surface area contributed by atoms with Crippen molar-refractivity contribution in [3.05, 3.63) is 0 Å². The highest BCUT2D eigenvalue weighted by atomic mass is 16.4. The summed E-state index contributed by atoms with van der Waals surface area (Å²) in [5, 5.41) is 10.8. The van der Waals surface area contributed by atoms with Gasteiger partial charge in [-0.1, -0.05) is 66.2 Å². The number of nitrogens with two attached hydrogens (primary N) is 1. The van der Waals surface area contributed by atoms with E-state index in [0.29, 0.717) is 18.5 Å². The van der Waals surface area contributed by atoms with Gasteiger partial charge in [0.25, 0.3) is 0 Å². The van der Waals surface area contributed by atoms with Crippen LogP contribution in [0.5, 0.6) is 0 Å². The monoisotopic (exact) mass is 302 g/mol. The summed E-state index contributed by atoms with van der Waals surface area (Å²) in [6.07, 6.45) is 9.95. The largest absolute Gasteiger partial charge is 0.465 e. The zero-order chi connectivity index (χ0) is 16.5. The molecule has 2 unspecified atom stereocenters. The minimum Gasteiger partial charge on any atom is -0.465 e. The summed E-state index contributed by atoms with van der Waals surface area (Å²) in [6.45, 7) is 9.22. The first-order valence-electron chi connectivity index (χ1n) is 8.73. The van der Waals surface area contributed by atoms with Crippen molar-refractivity contribution >= 4 is 6.09 Å². The highest BCUT2D eigenvalue weighted by molar-refractivity contribution is 5.64. The lowest BCUT2D eigenvalue weighted by Crippen LogP contribution is -2.27. The molecule has 0 aromatic heterocycles. The van der Waals surface area contributed by atoms with Crippen molar-refractivity contribution in [2.24, 2.45) is 11.7 Å². The molecule has 0 aromatic carbocycles. The van der Waals surface area contributed by atoms with Gasteiger partial charge in [0, 0.05) is 12.6 Å². The molecule has 0 aromatic rings. The zero-order valence-corrected chi connectivity index (χ0v) is 14.7. The quantitative estimate of drug-likeness (QED) is 0.481. The van der Waals surface area contributed by atoms with Gasteiger partial charge in [-0.15, -0.1) is 0 Å². The smallest absolute Gasteiger partial charge is 0.404 e. The van der Waals surface area contributed by atoms with Gasteiger partial charge in [0.15, 0.2) is 0 Å². The first kappa shape index (κ1) is 22.5. The van der Waals surface area contributed by atoms with E-state index in [1.165, 1.54) is 38.5 Å². The van der Waals surface area contributed by atoms with Gasteiger partial charge in [-0.05, 0) is 25.2 Å². The summed E-state index contributed by atoms with van der Waals surface area (Å²) in [6, 6.07) is 0.455. The number of unbranched alkanes of at least 4 members (excludes halogenated alkanes) is 3. The van der Waals surface area contributed by atoms with Gasteiger partial charge in [0.2, 0.25) is 0 Å². The average Bonchev–Trinajstić information content (AvgIpc) is 2.48. The number of hydrogen-bond donors (Lipinski definition) is 3. The topological polar surface area (TPSA) is 75.3 Å². The summed E-state index contributed by atoms with van der Waals surface area (Å²) in [4.78, 5) is 10.2. The Labute approximate surface area is 131 Å². The second-order valence-corrected chi connectivity index (χ2v) is 5.77. The maximum absolute atomic E-state index is 10.2. The van der Waals surface area contributed by atoms with Crippen LogP contribution < -0.4 is 11.1 Å². The van der Waals surface area contributed by atoms with Crippen molar-refractivity contribution in [2.75, 3.05) is 6.54 Å².